The Labute approximate surface area is 155 Å². The second kappa shape index (κ2) is 12.4. The van der Waals surface area contributed by atoms with Gasteiger partial charge in [0, 0.05) is 20.5 Å². The highest BCUT2D eigenvalue weighted by atomic mass is 16.6. The first-order chi connectivity index (χ1) is 11.7. The van der Waals surface area contributed by atoms with Crippen molar-refractivity contribution in [3.8, 4) is 22.6 Å². The van der Waals surface area contributed by atoms with E-state index in [1.165, 1.54) is 0 Å². The van der Waals surface area contributed by atoms with Crippen molar-refractivity contribution in [2.24, 2.45) is 0 Å². The van der Waals surface area contributed by atoms with Crippen LogP contribution in [0.4, 0.5) is 0 Å². The predicted octanol–water partition coefficient (Wildman–Crippen LogP) is 4.73. The third kappa shape index (κ3) is 6.47. The molecule has 0 aromatic heterocycles. The Morgan fingerprint density at radius 3 is 2.16 bits per heavy atom. The van der Waals surface area contributed by atoms with Crippen LogP contribution in [0.2, 0.25) is 0 Å². The maximum absolute atomic E-state index is 6.16. The molecule has 0 amide bonds. The smallest absolute Gasteiger partial charge is 0.169 e. The molecule has 0 N–H and O–H groups in total. The van der Waals surface area contributed by atoms with Crippen molar-refractivity contribution in [1.82, 2.24) is 4.90 Å². The van der Waals surface area contributed by atoms with E-state index in [4.69, 9.17) is 9.47 Å². The number of hydrogen-bond donors (Lipinski definition) is 0. The molecule has 3 nitrogen and oxygen atoms in total. The van der Waals surface area contributed by atoms with E-state index >= 15 is 0 Å². The number of benzene rings is 2. The van der Waals surface area contributed by atoms with E-state index in [-0.39, 0.29) is 14.5 Å². The second-order valence-electron chi connectivity index (χ2n) is 5.31. The van der Waals surface area contributed by atoms with Crippen LogP contribution in [0.25, 0.3) is 11.1 Å². The van der Waals surface area contributed by atoms with Crippen LogP contribution in [0.5, 0.6) is 11.5 Å². The Bertz CT molecular complexity index is 588. The van der Waals surface area contributed by atoms with Gasteiger partial charge in [-0.1, -0.05) is 70.2 Å². The van der Waals surface area contributed by atoms with E-state index in [9.17, 15) is 0 Å². The zero-order valence-electron chi connectivity index (χ0n) is 16.5. The van der Waals surface area contributed by atoms with Gasteiger partial charge in [0.25, 0.3) is 0 Å². The minimum atomic E-state index is 0. The number of rotatable bonds is 3. The lowest BCUT2D eigenvalue weighted by atomic mass is 10.0. The molecular formula is C21H31BNO2. The standard InChI is InChI=1S/C17H19NO2.2C2H6.B/c1-18(2)11-14-12-19-16-10-6-9-15(17(16)20-14)13-7-4-3-5-8-13;2*1-2;/h3-10,14H,11-12H2,1-2H3;2*1-2H3;/t14-;;;/m0.../s1. The summed E-state index contributed by atoms with van der Waals surface area (Å²) in [5.41, 5.74) is 2.24. The van der Waals surface area contributed by atoms with Gasteiger partial charge in [-0.2, -0.15) is 0 Å². The molecule has 135 valence electrons. The molecule has 0 saturated heterocycles. The highest BCUT2D eigenvalue weighted by molar-refractivity contribution is 5.75. The molecule has 3 radical (unpaired) electrons. The van der Waals surface area contributed by atoms with Crippen LogP contribution in [0.1, 0.15) is 27.7 Å². The number of para-hydroxylation sites is 1. The Hall–Kier alpha value is -1.94. The molecule has 1 atom stereocenters. The van der Waals surface area contributed by atoms with Gasteiger partial charge in [0.15, 0.2) is 11.5 Å². The largest absolute Gasteiger partial charge is 0.486 e. The number of fused-ring (bicyclic) bond motifs is 1. The van der Waals surface area contributed by atoms with Gasteiger partial charge in [-0.15, -0.1) is 0 Å². The monoisotopic (exact) mass is 340 g/mol. The average Bonchev–Trinajstić information content (AvgIpc) is 2.65. The quantitative estimate of drug-likeness (QED) is 0.754. The molecule has 4 heteroatoms. The van der Waals surface area contributed by atoms with Crippen molar-refractivity contribution < 1.29 is 9.47 Å². The molecule has 1 aliphatic rings. The molecule has 0 aliphatic carbocycles. The molecule has 0 spiro atoms. The fourth-order valence-corrected chi connectivity index (χ4v) is 2.48. The summed E-state index contributed by atoms with van der Waals surface area (Å²) in [4.78, 5) is 2.12. The van der Waals surface area contributed by atoms with Crippen molar-refractivity contribution in [2.75, 3.05) is 27.2 Å². The van der Waals surface area contributed by atoms with E-state index in [1.54, 1.807) is 0 Å². The summed E-state index contributed by atoms with van der Waals surface area (Å²) in [5, 5.41) is 0. The zero-order valence-corrected chi connectivity index (χ0v) is 16.5. The molecule has 0 unspecified atom stereocenters. The van der Waals surface area contributed by atoms with Crippen LogP contribution in [-0.4, -0.2) is 46.7 Å². The topological polar surface area (TPSA) is 21.7 Å². The third-order valence-corrected chi connectivity index (χ3v) is 3.34. The van der Waals surface area contributed by atoms with Crippen LogP contribution in [0.15, 0.2) is 48.5 Å². The first kappa shape index (κ1) is 23.1. The first-order valence-corrected chi connectivity index (χ1v) is 8.86. The van der Waals surface area contributed by atoms with Gasteiger partial charge in [-0.25, -0.2) is 0 Å². The lowest BCUT2D eigenvalue weighted by molar-refractivity contribution is 0.0717. The summed E-state index contributed by atoms with van der Waals surface area (Å²) in [6.07, 6.45) is 0.0716. The summed E-state index contributed by atoms with van der Waals surface area (Å²) in [6.45, 7) is 9.45. The average molecular weight is 340 g/mol. The van der Waals surface area contributed by atoms with Gasteiger partial charge >= 0.3 is 0 Å². The van der Waals surface area contributed by atoms with Crippen molar-refractivity contribution in [3.05, 3.63) is 48.5 Å². The van der Waals surface area contributed by atoms with Gasteiger partial charge < -0.3 is 14.4 Å². The lowest BCUT2D eigenvalue weighted by Crippen LogP contribution is -2.38. The predicted molar refractivity (Wildman–Crippen MR) is 109 cm³/mol. The Morgan fingerprint density at radius 1 is 0.920 bits per heavy atom. The normalized spacial score (nSPS) is 14.3. The molecular weight excluding hydrogens is 309 g/mol. The molecule has 0 bridgehead atoms. The summed E-state index contributed by atoms with van der Waals surface area (Å²) in [7, 11) is 4.09. The van der Waals surface area contributed by atoms with E-state index in [0.717, 1.165) is 29.2 Å². The minimum Gasteiger partial charge on any atom is -0.486 e. The zero-order chi connectivity index (χ0) is 17.9. The summed E-state index contributed by atoms with van der Waals surface area (Å²) in [5.74, 6) is 1.69. The van der Waals surface area contributed by atoms with Crippen molar-refractivity contribution >= 4 is 8.41 Å². The van der Waals surface area contributed by atoms with E-state index in [2.05, 4.69) is 23.1 Å². The summed E-state index contributed by atoms with van der Waals surface area (Å²) in [6, 6.07) is 16.3. The van der Waals surface area contributed by atoms with Gasteiger partial charge in [-0.05, 0) is 25.7 Å². The highest BCUT2D eigenvalue weighted by Crippen LogP contribution is 2.40. The molecule has 2 aromatic rings. The Kier molecular flexibility index (Phi) is 11.5. The maximum atomic E-state index is 6.16. The van der Waals surface area contributed by atoms with Crippen LogP contribution in [0.3, 0.4) is 0 Å². The van der Waals surface area contributed by atoms with Gasteiger partial charge in [0.2, 0.25) is 0 Å². The molecule has 1 heterocycles. The number of hydrogen-bond acceptors (Lipinski definition) is 3. The van der Waals surface area contributed by atoms with Gasteiger partial charge in [0.05, 0.1) is 0 Å². The number of ether oxygens (including phenoxy) is 2. The van der Waals surface area contributed by atoms with E-state index in [0.29, 0.717) is 6.61 Å². The molecule has 1 aliphatic heterocycles. The first-order valence-electron chi connectivity index (χ1n) is 8.86. The van der Waals surface area contributed by atoms with Gasteiger partial charge in [-0.3, -0.25) is 0 Å². The van der Waals surface area contributed by atoms with E-state index < -0.39 is 0 Å². The number of likely N-dealkylation sites (N-methyl/N-ethyl adjacent to an activating group) is 1. The maximum Gasteiger partial charge on any atom is 0.169 e. The van der Waals surface area contributed by atoms with Crippen molar-refractivity contribution in [2.45, 2.75) is 33.8 Å². The Morgan fingerprint density at radius 2 is 1.56 bits per heavy atom. The number of nitrogens with zero attached hydrogens (tertiary/aromatic N) is 1. The molecule has 0 fully saturated rings. The molecule has 2 aromatic carbocycles. The van der Waals surface area contributed by atoms with Gasteiger partial charge in [0.1, 0.15) is 12.7 Å². The molecule has 3 rings (SSSR count). The SMILES string of the molecule is CC.CC.CN(C)C[C@H]1COc2cccc(-c3ccccc3)c2O1.[B]. The minimum absolute atomic E-state index is 0. The molecule has 0 saturated carbocycles. The van der Waals surface area contributed by atoms with Crippen molar-refractivity contribution in [1.29, 1.82) is 0 Å². The van der Waals surface area contributed by atoms with Crippen LogP contribution in [-0.2, 0) is 0 Å². The summed E-state index contributed by atoms with van der Waals surface area (Å²) >= 11 is 0. The Balaban J connectivity index is 0.00000108. The van der Waals surface area contributed by atoms with Crippen LogP contribution >= 0.6 is 0 Å². The molecule has 25 heavy (non-hydrogen) atoms. The van der Waals surface area contributed by atoms with Crippen LogP contribution in [0, 0.1) is 0 Å². The lowest BCUT2D eigenvalue weighted by Gasteiger charge is -2.29. The fourth-order valence-electron chi connectivity index (χ4n) is 2.48. The third-order valence-electron chi connectivity index (χ3n) is 3.34. The second-order valence-corrected chi connectivity index (χ2v) is 5.31. The highest BCUT2D eigenvalue weighted by Gasteiger charge is 2.24. The van der Waals surface area contributed by atoms with E-state index in [1.807, 2.05) is 72.1 Å². The summed E-state index contributed by atoms with van der Waals surface area (Å²) < 4.78 is 12.0. The fraction of sp³-hybridized carbons (Fsp3) is 0.429. The van der Waals surface area contributed by atoms with Crippen molar-refractivity contribution in [3.63, 3.8) is 0 Å². The van der Waals surface area contributed by atoms with Crippen LogP contribution < -0.4 is 9.47 Å².